The Hall–Kier alpha value is -1.10. The Balaban J connectivity index is 0.00000264. The molecular weight excluding hydrogens is 343 g/mol. The van der Waals surface area contributed by atoms with E-state index in [1.54, 1.807) is 6.92 Å². The van der Waals surface area contributed by atoms with Gasteiger partial charge in [-0.2, -0.15) is 0 Å². The van der Waals surface area contributed by atoms with E-state index in [0.29, 0.717) is 0 Å². The van der Waals surface area contributed by atoms with E-state index in [4.69, 9.17) is 0 Å². The first kappa shape index (κ1) is 22.9. The van der Waals surface area contributed by atoms with Gasteiger partial charge >= 0.3 is 0 Å². The molecule has 0 aliphatic rings. The van der Waals surface area contributed by atoms with Crippen LogP contribution < -0.4 is 10.6 Å². The second-order valence-electron chi connectivity index (χ2n) is 5.82. The Morgan fingerprint density at radius 2 is 1.00 bits per heavy atom. The molecule has 0 saturated carbocycles. The fourth-order valence-corrected chi connectivity index (χ4v) is 2.54. The molecule has 0 aromatic heterocycles. The molecule has 0 spiro atoms. The highest BCUT2D eigenvalue weighted by molar-refractivity contribution is 5.85. The first-order valence-electron chi connectivity index (χ1n) is 7.88. The second kappa shape index (κ2) is 11.5. The predicted molar refractivity (Wildman–Crippen MR) is 106 cm³/mol. The first-order valence-corrected chi connectivity index (χ1v) is 7.88. The van der Waals surface area contributed by atoms with Gasteiger partial charge in [0.1, 0.15) is 0 Å². The summed E-state index contributed by atoms with van der Waals surface area (Å²) in [5.74, 6) is 0. The van der Waals surface area contributed by atoms with Gasteiger partial charge in [-0.15, -0.1) is 24.8 Å². The third-order valence-electron chi connectivity index (χ3n) is 3.94. The van der Waals surface area contributed by atoms with Gasteiger partial charge in [-0.25, -0.2) is 0 Å². The van der Waals surface area contributed by atoms with Gasteiger partial charge in [0, 0.05) is 12.1 Å². The lowest BCUT2D eigenvalue weighted by atomic mass is 10.1. The minimum atomic E-state index is -0.489. The molecule has 3 nitrogen and oxygen atoms in total. The van der Waals surface area contributed by atoms with E-state index in [1.807, 2.05) is 36.4 Å². The third-order valence-corrected chi connectivity index (χ3v) is 3.94. The van der Waals surface area contributed by atoms with Crippen molar-refractivity contribution < 1.29 is 5.11 Å². The number of halogens is 2. The summed E-state index contributed by atoms with van der Waals surface area (Å²) >= 11 is 0. The van der Waals surface area contributed by atoms with Crippen LogP contribution in [0, 0.1) is 0 Å². The molecule has 0 saturated heterocycles. The Morgan fingerprint density at radius 3 is 1.29 bits per heavy atom. The highest BCUT2D eigenvalue weighted by atomic mass is 35.5. The highest BCUT2D eigenvalue weighted by Crippen LogP contribution is 2.16. The molecule has 3 N–H and O–H groups in total. The Bertz CT molecular complexity index is 504. The summed E-state index contributed by atoms with van der Waals surface area (Å²) in [6.45, 7) is 6.03. The van der Waals surface area contributed by atoms with E-state index < -0.39 is 6.10 Å². The van der Waals surface area contributed by atoms with Crippen molar-refractivity contribution >= 4 is 24.8 Å². The van der Waals surface area contributed by atoms with Crippen LogP contribution in [0.25, 0.3) is 0 Å². The van der Waals surface area contributed by atoms with E-state index in [2.05, 4.69) is 48.7 Å². The van der Waals surface area contributed by atoms with Gasteiger partial charge in [-0.05, 0) is 31.9 Å². The minimum absolute atomic E-state index is 0. The molecule has 5 heteroatoms. The van der Waals surface area contributed by atoms with Crippen LogP contribution in [0.1, 0.15) is 44.0 Å². The smallest absolute Gasteiger partial charge is 0.0846 e. The largest absolute Gasteiger partial charge is 0.390 e. The van der Waals surface area contributed by atoms with Crippen molar-refractivity contribution in [1.82, 2.24) is 10.6 Å². The predicted octanol–water partition coefficient (Wildman–Crippen LogP) is 4.24. The van der Waals surface area contributed by atoms with Crippen LogP contribution in [0.5, 0.6) is 0 Å². The quantitative estimate of drug-likeness (QED) is 0.638. The normalized spacial score (nSPS) is 14.2. The number of hydrogen-bond donors (Lipinski definition) is 3. The van der Waals surface area contributed by atoms with E-state index >= 15 is 0 Å². The summed E-state index contributed by atoms with van der Waals surface area (Å²) in [5.41, 5.74) is 2.42. The maximum absolute atomic E-state index is 10.1. The summed E-state index contributed by atoms with van der Waals surface area (Å²) in [6.07, 6.45) is -0.664. The van der Waals surface area contributed by atoms with E-state index in [1.165, 1.54) is 11.1 Å². The molecule has 0 fully saturated rings. The van der Waals surface area contributed by atoms with Crippen LogP contribution >= 0.6 is 24.8 Å². The van der Waals surface area contributed by atoms with Gasteiger partial charge in [-0.3, -0.25) is 10.6 Å². The lowest BCUT2D eigenvalue weighted by Crippen LogP contribution is -2.51. The number of aliphatic hydroxyl groups is 1. The summed E-state index contributed by atoms with van der Waals surface area (Å²) in [5, 5.41) is 17.0. The van der Waals surface area contributed by atoms with Crippen molar-refractivity contribution in [2.45, 2.75) is 45.1 Å². The Morgan fingerprint density at radius 1 is 0.667 bits per heavy atom. The molecule has 24 heavy (non-hydrogen) atoms. The van der Waals surface area contributed by atoms with Gasteiger partial charge in [0.05, 0.1) is 12.3 Å². The van der Waals surface area contributed by atoms with Crippen molar-refractivity contribution in [2.24, 2.45) is 0 Å². The van der Waals surface area contributed by atoms with Gasteiger partial charge in [0.25, 0.3) is 0 Å². The van der Waals surface area contributed by atoms with Crippen molar-refractivity contribution in [3.63, 3.8) is 0 Å². The number of nitrogens with one attached hydrogen (secondary N) is 2. The van der Waals surface area contributed by atoms with Gasteiger partial charge in [0.15, 0.2) is 0 Å². The number of hydrogen-bond acceptors (Lipinski definition) is 3. The Kier molecular flexibility index (Phi) is 10.9. The topological polar surface area (TPSA) is 44.3 Å². The summed E-state index contributed by atoms with van der Waals surface area (Å²) < 4.78 is 0. The van der Waals surface area contributed by atoms with E-state index in [9.17, 15) is 5.11 Å². The molecule has 1 unspecified atom stereocenters. The minimum Gasteiger partial charge on any atom is -0.390 e. The maximum Gasteiger partial charge on any atom is 0.0846 e. The number of rotatable bonds is 7. The fraction of sp³-hybridized carbons (Fsp3) is 0.368. The molecule has 2 aromatic carbocycles. The molecule has 0 radical (unpaired) electrons. The summed E-state index contributed by atoms with van der Waals surface area (Å²) in [7, 11) is 0. The maximum atomic E-state index is 10.1. The SMILES string of the molecule is CC(O)C(N[C@@H](C)c1ccccc1)N[C@@H](C)c1ccccc1.Cl.Cl. The van der Waals surface area contributed by atoms with Crippen LogP contribution in [-0.4, -0.2) is 17.4 Å². The van der Waals surface area contributed by atoms with Crippen LogP contribution in [0.4, 0.5) is 0 Å². The average molecular weight is 371 g/mol. The molecule has 134 valence electrons. The average Bonchev–Trinajstić information content (AvgIpc) is 2.55. The van der Waals surface area contributed by atoms with Crippen LogP contribution in [0.3, 0.4) is 0 Å². The lowest BCUT2D eigenvalue weighted by molar-refractivity contribution is 0.114. The zero-order chi connectivity index (χ0) is 15.9. The first-order chi connectivity index (χ1) is 10.6. The Labute approximate surface area is 157 Å². The van der Waals surface area contributed by atoms with Crippen molar-refractivity contribution in [1.29, 1.82) is 0 Å². The molecule has 2 aromatic rings. The van der Waals surface area contributed by atoms with Crippen LogP contribution in [0.2, 0.25) is 0 Å². The van der Waals surface area contributed by atoms with Crippen molar-refractivity contribution in [3.8, 4) is 0 Å². The van der Waals surface area contributed by atoms with Gasteiger partial charge < -0.3 is 5.11 Å². The zero-order valence-corrected chi connectivity index (χ0v) is 16.0. The molecule has 0 bridgehead atoms. The molecule has 0 aliphatic carbocycles. The summed E-state index contributed by atoms with van der Waals surface area (Å²) in [6, 6.07) is 20.9. The lowest BCUT2D eigenvalue weighted by Gasteiger charge is -2.30. The number of aliphatic hydroxyl groups excluding tert-OH is 1. The van der Waals surface area contributed by atoms with Gasteiger partial charge in [-0.1, -0.05) is 60.7 Å². The second-order valence-corrected chi connectivity index (χ2v) is 5.82. The van der Waals surface area contributed by atoms with Crippen molar-refractivity contribution in [2.75, 3.05) is 0 Å². The molecule has 0 amide bonds. The fourth-order valence-electron chi connectivity index (χ4n) is 2.54. The van der Waals surface area contributed by atoms with E-state index in [0.717, 1.165) is 0 Å². The number of benzene rings is 2. The van der Waals surface area contributed by atoms with Crippen LogP contribution in [-0.2, 0) is 0 Å². The molecule has 3 atom stereocenters. The molecular formula is C19H28Cl2N2O. The standard InChI is InChI=1S/C19H26N2O.2ClH/c1-14(17-10-6-4-7-11-17)20-19(16(3)22)21-15(2)18-12-8-5-9-13-18;;/h4-16,19-22H,1-3H3;2*1H/t14-,15-,16?;;/m0../s1. The summed E-state index contributed by atoms with van der Waals surface area (Å²) in [4.78, 5) is 0. The van der Waals surface area contributed by atoms with Crippen LogP contribution in [0.15, 0.2) is 60.7 Å². The van der Waals surface area contributed by atoms with E-state index in [-0.39, 0.29) is 43.1 Å². The molecule has 2 rings (SSSR count). The van der Waals surface area contributed by atoms with Gasteiger partial charge in [0.2, 0.25) is 0 Å². The third kappa shape index (κ3) is 6.80. The monoisotopic (exact) mass is 370 g/mol. The molecule has 0 aliphatic heterocycles. The highest BCUT2D eigenvalue weighted by Gasteiger charge is 2.20. The zero-order valence-electron chi connectivity index (χ0n) is 14.3. The molecule has 0 heterocycles. The van der Waals surface area contributed by atoms with Crippen molar-refractivity contribution in [3.05, 3.63) is 71.8 Å².